The van der Waals surface area contributed by atoms with Crippen molar-refractivity contribution >= 4 is 0 Å². The third-order valence-electron chi connectivity index (χ3n) is 3.69. The molecule has 1 saturated carbocycles. The van der Waals surface area contributed by atoms with E-state index in [0.29, 0.717) is 6.04 Å². The standard InChI is InChI=1S/C12H21N3/c1-3-10(13)12-7-14-8-15(12)11-6-4-5-9(11)2/h7-11H,3-6,13H2,1-2H3/t9?,10-,11?/m1/s1. The van der Waals surface area contributed by atoms with Gasteiger partial charge in [-0.05, 0) is 25.2 Å². The fraction of sp³-hybridized carbons (Fsp3) is 0.750. The molecule has 0 aliphatic heterocycles. The Hall–Kier alpha value is -0.830. The average Bonchev–Trinajstić information content (AvgIpc) is 2.84. The van der Waals surface area contributed by atoms with Crippen molar-refractivity contribution in [1.82, 2.24) is 9.55 Å². The van der Waals surface area contributed by atoms with Crippen molar-refractivity contribution in [2.24, 2.45) is 11.7 Å². The van der Waals surface area contributed by atoms with Crippen molar-refractivity contribution in [1.29, 1.82) is 0 Å². The Bertz CT molecular complexity index is 318. The van der Waals surface area contributed by atoms with Gasteiger partial charge in [0.1, 0.15) is 0 Å². The first kappa shape index (κ1) is 10.7. The molecule has 0 amide bonds. The first-order valence-electron chi connectivity index (χ1n) is 6.01. The van der Waals surface area contributed by atoms with Gasteiger partial charge in [-0.2, -0.15) is 0 Å². The van der Waals surface area contributed by atoms with Crippen LogP contribution in [0.1, 0.15) is 57.3 Å². The molecule has 2 unspecified atom stereocenters. The summed E-state index contributed by atoms with van der Waals surface area (Å²) in [5.41, 5.74) is 7.30. The number of nitrogens with zero attached hydrogens (tertiary/aromatic N) is 2. The maximum absolute atomic E-state index is 6.09. The van der Waals surface area contributed by atoms with Gasteiger partial charge in [0.2, 0.25) is 0 Å². The lowest BCUT2D eigenvalue weighted by atomic mass is 10.1. The lowest BCUT2D eigenvalue weighted by molar-refractivity contribution is 0.389. The average molecular weight is 207 g/mol. The van der Waals surface area contributed by atoms with Crippen LogP contribution in [0, 0.1) is 5.92 Å². The smallest absolute Gasteiger partial charge is 0.0951 e. The van der Waals surface area contributed by atoms with Crippen LogP contribution < -0.4 is 5.73 Å². The summed E-state index contributed by atoms with van der Waals surface area (Å²) in [4.78, 5) is 4.25. The molecule has 2 N–H and O–H groups in total. The van der Waals surface area contributed by atoms with E-state index in [4.69, 9.17) is 5.73 Å². The van der Waals surface area contributed by atoms with Crippen molar-refractivity contribution in [3.63, 3.8) is 0 Å². The molecule has 0 saturated heterocycles. The van der Waals surface area contributed by atoms with Crippen LogP contribution in [0.2, 0.25) is 0 Å². The maximum Gasteiger partial charge on any atom is 0.0951 e. The quantitative estimate of drug-likeness (QED) is 0.828. The van der Waals surface area contributed by atoms with E-state index < -0.39 is 0 Å². The molecule has 3 heteroatoms. The summed E-state index contributed by atoms with van der Waals surface area (Å²) in [6.07, 6.45) is 8.82. The fourth-order valence-corrected chi connectivity index (χ4v) is 2.63. The molecule has 0 spiro atoms. The second kappa shape index (κ2) is 4.35. The molecule has 0 aromatic carbocycles. The van der Waals surface area contributed by atoms with Crippen molar-refractivity contribution in [2.45, 2.75) is 51.6 Å². The van der Waals surface area contributed by atoms with Gasteiger partial charge in [0.05, 0.1) is 12.0 Å². The molecule has 0 bridgehead atoms. The summed E-state index contributed by atoms with van der Waals surface area (Å²) in [7, 11) is 0. The van der Waals surface area contributed by atoms with Crippen molar-refractivity contribution in [2.75, 3.05) is 0 Å². The molecule has 1 aliphatic rings. The summed E-state index contributed by atoms with van der Waals surface area (Å²) < 4.78 is 2.31. The maximum atomic E-state index is 6.09. The highest BCUT2D eigenvalue weighted by Crippen LogP contribution is 2.36. The van der Waals surface area contributed by atoms with E-state index in [2.05, 4.69) is 23.4 Å². The summed E-state index contributed by atoms with van der Waals surface area (Å²) in [6.45, 7) is 4.46. The van der Waals surface area contributed by atoms with Gasteiger partial charge in [0.25, 0.3) is 0 Å². The van der Waals surface area contributed by atoms with Gasteiger partial charge in [-0.3, -0.25) is 0 Å². The van der Waals surface area contributed by atoms with Crippen molar-refractivity contribution < 1.29 is 0 Å². The van der Waals surface area contributed by atoms with Crippen LogP contribution in [0.5, 0.6) is 0 Å². The number of imidazole rings is 1. The monoisotopic (exact) mass is 207 g/mol. The predicted molar refractivity (Wildman–Crippen MR) is 61.5 cm³/mol. The van der Waals surface area contributed by atoms with Crippen molar-refractivity contribution in [3.8, 4) is 0 Å². The summed E-state index contributed by atoms with van der Waals surface area (Å²) in [5, 5.41) is 0. The first-order chi connectivity index (χ1) is 7.24. The molecular formula is C12H21N3. The summed E-state index contributed by atoms with van der Waals surface area (Å²) in [6, 6.07) is 0.764. The van der Waals surface area contributed by atoms with Crippen LogP contribution in [-0.2, 0) is 0 Å². The minimum absolute atomic E-state index is 0.139. The molecule has 1 heterocycles. The minimum atomic E-state index is 0.139. The van der Waals surface area contributed by atoms with Crippen LogP contribution >= 0.6 is 0 Å². The Morgan fingerprint density at radius 3 is 3.00 bits per heavy atom. The Balaban J connectivity index is 2.24. The Kier molecular flexibility index (Phi) is 3.10. The normalized spacial score (nSPS) is 28.2. The largest absolute Gasteiger partial charge is 0.330 e. The second-order valence-corrected chi connectivity index (χ2v) is 4.72. The topological polar surface area (TPSA) is 43.8 Å². The van der Waals surface area contributed by atoms with E-state index in [1.165, 1.54) is 25.0 Å². The lowest BCUT2D eigenvalue weighted by Gasteiger charge is -2.22. The van der Waals surface area contributed by atoms with E-state index >= 15 is 0 Å². The van der Waals surface area contributed by atoms with Gasteiger partial charge in [-0.1, -0.05) is 20.3 Å². The molecule has 1 aliphatic carbocycles. The zero-order valence-corrected chi connectivity index (χ0v) is 9.69. The van der Waals surface area contributed by atoms with E-state index in [9.17, 15) is 0 Å². The number of hydrogen-bond donors (Lipinski definition) is 1. The highest BCUT2D eigenvalue weighted by Gasteiger charge is 2.27. The second-order valence-electron chi connectivity index (χ2n) is 4.72. The van der Waals surface area contributed by atoms with Crippen molar-refractivity contribution in [3.05, 3.63) is 18.2 Å². The van der Waals surface area contributed by atoms with Crippen LogP contribution in [-0.4, -0.2) is 9.55 Å². The molecule has 15 heavy (non-hydrogen) atoms. The molecular weight excluding hydrogens is 186 g/mol. The Labute approximate surface area is 91.7 Å². The van der Waals surface area contributed by atoms with Gasteiger partial charge < -0.3 is 10.3 Å². The van der Waals surface area contributed by atoms with Crippen LogP contribution in [0.4, 0.5) is 0 Å². The first-order valence-corrected chi connectivity index (χ1v) is 6.01. The third-order valence-corrected chi connectivity index (χ3v) is 3.69. The number of hydrogen-bond acceptors (Lipinski definition) is 2. The molecule has 1 aromatic rings. The highest BCUT2D eigenvalue weighted by atomic mass is 15.1. The van der Waals surface area contributed by atoms with Gasteiger partial charge in [0, 0.05) is 18.3 Å². The highest BCUT2D eigenvalue weighted by molar-refractivity contribution is 5.07. The minimum Gasteiger partial charge on any atom is -0.330 e. The van der Waals surface area contributed by atoms with Gasteiger partial charge in [-0.25, -0.2) is 4.98 Å². The van der Waals surface area contributed by atoms with Gasteiger partial charge in [-0.15, -0.1) is 0 Å². The van der Waals surface area contributed by atoms with E-state index in [0.717, 1.165) is 12.3 Å². The molecule has 84 valence electrons. The van der Waals surface area contributed by atoms with Crippen LogP contribution in [0.3, 0.4) is 0 Å². The molecule has 1 fully saturated rings. The molecule has 2 rings (SSSR count). The third kappa shape index (κ3) is 1.93. The SMILES string of the molecule is CC[C@@H](N)c1cncn1C1CCCC1C. The van der Waals surface area contributed by atoms with E-state index in [1.54, 1.807) is 0 Å². The molecule has 0 radical (unpaired) electrons. The molecule has 1 aromatic heterocycles. The molecule has 3 nitrogen and oxygen atoms in total. The number of rotatable bonds is 3. The number of aromatic nitrogens is 2. The van der Waals surface area contributed by atoms with E-state index in [-0.39, 0.29) is 6.04 Å². The zero-order chi connectivity index (χ0) is 10.8. The Morgan fingerprint density at radius 1 is 1.60 bits per heavy atom. The van der Waals surface area contributed by atoms with Gasteiger partial charge >= 0.3 is 0 Å². The fourth-order valence-electron chi connectivity index (χ4n) is 2.63. The lowest BCUT2D eigenvalue weighted by Crippen LogP contribution is -2.19. The Morgan fingerprint density at radius 2 is 2.40 bits per heavy atom. The molecule has 3 atom stereocenters. The summed E-state index contributed by atoms with van der Waals surface area (Å²) in [5.74, 6) is 0.766. The zero-order valence-electron chi connectivity index (χ0n) is 9.69. The van der Waals surface area contributed by atoms with Crippen LogP contribution in [0.25, 0.3) is 0 Å². The number of nitrogens with two attached hydrogens (primary N) is 1. The van der Waals surface area contributed by atoms with Gasteiger partial charge in [0.15, 0.2) is 0 Å². The van der Waals surface area contributed by atoms with E-state index in [1.807, 2.05) is 12.5 Å². The predicted octanol–water partition coefficient (Wildman–Crippen LogP) is 2.65. The van der Waals surface area contributed by atoms with Crippen LogP contribution in [0.15, 0.2) is 12.5 Å². The summed E-state index contributed by atoms with van der Waals surface area (Å²) >= 11 is 0.